The first kappa shape index (κ1) is 11.0. The Morgan fingerprint density at radius 1 is 1.00 bits per heavy atom. The fraction of sp³-hybridized carbons (Fsp3) is 0.647. The lowest BCUT2D eigenvalue weighted by molar-refractivity contribution is 0.403. The van der Waals surface area contributed by atoms with Crippen molar-refractivity contribution in [3.8, 4) is 0 Å². The predicted octanol–water partition coefficient (Wildman–Crippen LogP) is 3.84. The van der Waals surface area contributed by atoms with Crippen molar-refractivity contribution in [3.63, 3.8) is 0 Å². The van der Waals surface area contributed by atoms with Crippen LogP contribution in [0.25, 0.3) is 0 Å². The highest BCUT2D eigenvalue weighted by molar-refractivity contribution is 5.28. The highest BCUT2D eigenvalue weighted by Crippen LogP contribution is 2.60. The number of rotatable bonds is 6. The smallest absolute Gasteiger partial charge is 0.0205 e. The number of hydrogen-bond donors (Lipinski definition) is 1. The van der Waals surface area contributed by atoms with E-state index in [0.29, 0.717) is 0 Å². The van der Waals surface area contributed by atoms with Gasteiger partial charge in [-0.25, -0.2) is 0 Å². The second-order valence-electron chi connectivity index (χ2n) is 6.76. The summed E-state index contributed by atoms with van der Waals surface area (Å²) in [5.74, 6) is 1.96. The Kier molecular flexibility index (Phi) is 2.51. The lowest BCUT2D eigenvalue weighted by Gasteiger charge is -2.15. The molecule has 0 unspecified atom stereocenters. The van der Waals surface area contributed by atoms with Crippen LogP contribution in [0.1, 0.15) is 55.6 Å². The molecule has 0 spiro atoms. The minimum absolute atomic E-state index is 0.730. The summed E-state index contributed by atoms with van der Waals surface area (Å²) in [6.45, 7) is 2.31. The standard InChI is InChI=1S/C17H23N/c1-3-14(15-5-6-15)4-2-13(1)11-18-12-17(9-10-17)16-7-8-16/h1-4,15-16,18H,5-12H2. The van der Waals surface area contributed by atoms with E-state index in [9.17, 15) is 0 Å². The number of benzene rings is 1. The van der Waals surface area contributed by atoms with Crippen molar-refractivity contribution in [1.29, 1.82) is 0 Å². The van der Waals surface area contributed by atoms with Crippen LogP contribution in [0, 0.1) is 11.3 Å². The minimum atomic E-state index is 0.730. The Morgan fingerprint density at radius 3 is 2.28 bits per heavy atom. The zero-order valence-electron chi connectivity index (χ0n) is 11.1. The van der Waals surface area contributed by atoms with Gasteiger partial charge in [-0.3, -0.25) is 0 Å². The van der Waals surface area contributed by atoms with E-state index in [2.05, 4.69) is 29.6 Å². The zero-order chi connectivity index (χ0) is 12.0. The highest BCUT2D eigenvalue weighted by Gasteiger charge is 2.53. The summed E-state index contributed by atoms with van der Waals surface area (Å²) >= 11 is 0. The van der Waals surface area contributed by atoms with Gasteiger partial charge in [0.1, 0.15) is 0 Å². The summed E-state index contributed by atoms with van der Waals surface area (Å²) < 4.78 is 0. The van der Waals surface area contributed by atoms with Crippen molar-refractivity contribution in [3.05, 3.63) is 35.4 Å². The molecule has 0 heterocycles. The maximum absolute atomic E-state index is 3.69. The van der Waals surface area contributed by atoms with Crippen molar-refractivity contribution in [2.75, 3.05) is 6.54 Å². The molecule has 1 aromatic rings. The minimum Gasteiger partial charge on any atom is -0.312 e. The van der Waals surface area contributed by atoms with E-state index in [4.69, 9.17) is 0 Å². The van der Waals surface area contributed by atoms with Crippen LogP contribution in [0.15, 0.2) is 24.3 Å². The molecular formula is C17H23N. The third kappa shape index (κ3) is 2.21. The molecule has 1 nitrogen and oxygen atoms in total. The van der Waals surface area contributed by atoms with Crippen LogP contribution in [-0.2, 0) is 6.54 Å². The van der Waals surface area contributed by atoms with Crippen LogP contribution in [0.2, 0.25) is 0 Å². The van der Waals surface area contributed by atoms with E-state index >= 15 is 0 Å². The van der Waals surface area contributed by atoms with Gasteiger partial charge in [-0.05, 0) is 66.9 Å². The first-order valence-electron chi connectivity index (χ1n) is 7.65. The molecule has 18 heavy (non-hydrogen) atoms. The summed E-state index contributed by atoms with van der Waals surface area (Å²) in [5, 5.41) is 3.69. The average molecular weight is 241 g/mol. The Bertz CT molecular complexity index is 421. The Labute approximate surface area is 110 Å². The fourth-order valence-corrected chi connectivity index (χ4v) is 3.37. The van der Waals surface area contributed by atoms with Crippen molar-refractivity contribution in [2.24, 2.45) is 11.3 Å². The lowest BCUT2D eigenvalue weighted by Crippen LogP contribution is -2.24. The van der Waals surface area contributed by atoms with Gasteiger partial charge in [0.25, 0.3) is 0 Å². The van der Waals surface area contributed by atoms with Crippen LogP contribution in [-0.4, -0.2) is 6.54 Å². The SMILES string of the molecule is c1cc(C2CC2)ccc1CNCC1(C2CC2)CC1. The van der Waals surface area contributed by atoms with Gasteiger partial charge in [0.2, 0.25) is 0 Å². The van der Waals surface area contributed by atoms with Gasteiger partial charge in [0, 0.05) is 13.1 Å². The van der Waals surface area contributed by atoms with E-state index in [-0.39, 0.29) is 0 Å². The van der Waals surface area contributed by atoms with E-state index in [1.807, 2.05) is 0 Å². The Hall–Kier alpha value is -0.820. The van der Waals surface area contributed by atoms with Gasteiger partial charge in [0.15, 0.2) is 0 Å². The molecule has 3 aliphatic rings. The number of hydrogen-bond acceptors (Lipinski definition) is 1. The van der Waals surface area contributed by atoms with Crippen LogP contribution < -0.4 is 5.32 Å². The normalized spacial score (nSPS) is 25.1. The van der Waals surface area contributed by atoms with E-state index in [1.165, 1.54) is 50.6 Å². The third-order valence-corrected chi connectivity index (χ3v) is 5.17. The predicted molar refractivity (Wildman–Crippen MR) is 74.5 cm³/mol. The zero-order valence-corrected chi connectivity index (χ0v) is 11.1. The van der Waals surface area contributed by atoms with Crippen molar-refractivity contribution in [1.82, 2.24) is 5.32 Å². The maximum Gasteiger partial charge on any atom is 0.0205 e. The molecule has 1 heteroatoms. The Morgan fingerprint density at radius 2 is 1.72 bits per heavy atom. The van der Waals surface area contributed by atoms with Gasteiger partial charge in [-0.15, -0.1) is 0 Å². The van der Waals surface area contributed by atoms with Crippen molar-refractivity contribution in [2.45, 2.75) is 51.0 Å². The molecule has 3 fully saturated rings. The van der Waals surface area contributed by atoms with Crippen LogP contribution in [0.3, 0.4) is 0 Å². The van der Waals surface area contributed by atoms with E-state index in [0.717, 1.165) is 23.8 Å². The molecule has 3 saturated carbocycles. The van der Waals surface area contributed by atoms with Gasteiger partial charge in [-0.1, -0.05) is 24.3 Å². The summed E-state index contributed by atoms with van der Waals surface area (Å²) in [7, 11) is 0. The topological polar surface area (TPSA) is 12.0 Å². The summed E-state index contributed by atoms with van der Waals surface area (Å²) in [6.07, 6.45) is 8.76. The van der Waals surface area contributed by atoms with Gasteiger partial charge >= 0.3 is 0 Å². The second-order valence-corrected chi connectivity index (χ2v) is 6.76. The summed E-state index contributed by atoms with van der Waals surface area (Å²) in [5.41, 5.74) is 3.73. The lowest BCUT2D eigenvalue weighted by atomic mass is 10.0. The monoisotopic (exact) mass is 241 g/mol. The van der Waals surface area contributed by atoms with Gasteiger partial charge < -0.3 is 5.32 Å². The van der Waals surface area contributed by atoms with Gasteiger partial charge in [0.05, 0.1) is 0 Å². The van der Waals surface area contributed by atoms with Crippen LogP contribution in [0.5, 0.6) is 0 Å². The molecule has 0 aromatic heterocycles. The molecule has 4 rings (SSSR count). The average Bonchev–Trinajstić information content (AvgIpc) is 3.26. The second kappa shape index (κ2) is 4.09. The molecular weight excluding hydrogens is 218 g/mol. The molecule has 96 valence electrons. The molecule has 0 aliphatic heterocycles. The van der Waals surface area contributed by atoms with Gasteiger partial charge in [-0.2, -0.15) is 0 Å². The third-order valence-electron chi connectivity index (χ3n) is 5.17. The summed E-state index contributed by atoms with van der Waals surface area (Å²) in [4.78, 5) is 0. The quantitative estimate of drug-likeness (QED) is 0.798. The number of nitrogens with one attached hydrogen (secondary N) is 1. The first-order chi connectivity index (χ1) is 8.86. The largest absolute Gasteiger partial charge is 0.312 e. The van der Waals surface area contributed by atoms with Crippen LogP contribution in [0.4, 0.5) is 0 Å². The maximum atomic E-state index is 3.69. The van der Waals surface area contributed by atoms with Crippen LogP contribution >= 0.6 is 0 Å². The molecule has 0 radical (unpaired) electrons. The molecule has 3 aliphatic carbocycles. The van der Waals surface area contributed by atoms with E-state index in [1.54, 1.807) is 5.56 Å². The molecule has 1 N–H and O–H groups in total. The molecule has 0 atom stereocenters. The summed E-state index contributed by atoms with van der Waals surface area (Å²) in [6, 6.07) is 9.31. The van der Waals surface area contributed by atoms with Crippen molar-refractivity contribution < 1.29 is 0 Å². The molecule has 1 aromatic carbocycles. The molecule has 0 bridgehead atoms. The molecule has 0 amide bonds. The van der Waals surface area contributed by atoms with E-state index < -0.39 is 0 Å². The fourth-order valence-electron chi connectivity index (χ4n) is 3.37. The Balaban J connectivity index is 1.29. The molecule has 0 saturated heterocycles. The van der Waals surface area contributed by atoms with Crippen molar-refractivity contribution >= 4 is 0 Å². The highest BCUT2D eigenvalue weighted by atomic mass is 14.9. The first-order valence-corrected chi connectivity index (χ1v) is 7.65.